The van der Waals surface area contributed by atoms with Crippen LogP contribution in [0.3, 0.4) is 0 Å². The lowest BCUT2D eigenvalue weighted by Gasteiger charge is -2.19. The van der Waals surface area contributed by atoms with Gasteiger partial charge in [0.05, 0.1) is 19.5 Å². The van der Waals surface area contributed by atoms with E-state index in [1.807, 2.05) is 0 Å². The second-order valence-corrected chi connectivity index (χ2v) is 5.92. The Morgan fingerprint density at radius 1 is 1.27 bits per heavy atom. The molecule has 0 spiro atoms. The Labute approximate surface area is 151 Å². The average molecular weight is 359 g/mol. The van der Waals surface area contributed by atoms with Crippen LogP contribution < -0.4 is 10.1 Å². The van der Waals surface area contributed by atoms with Gasteiger partial charge in [0.25, 0.3) is 5.91 Å². The van der Waals surface area contributed by atoms with Gasteiger partial charge < -0.3 is 23.9 Å². The van der Waals surface area contributed by atoms with Crippen molar-refractivity contribution in [3.05, 3.63) is 54.0 Å². The standard InChI is InChI=1S/C19H21NO6/c1-23-14-8-6-13(7-9-14)17(26-19(22)16-5-3-11-25-16)18(21)20-12-15-4-2-10-24-15/h3,5-9,11,15,17H,2,4,10,12H2,1H3,(H,20,21)/t15-,17+/m0/s1. The highest BCUT2D eigenvalue weighted by Crippen LogP contribution is 2.23. The van der Waals surface area contributed by atoms with Gasteiger partial charge in [0.1, 0.15) is 5.75 Å². The summed E-state index contributed by atoms with van der Waals surface area (Å²) < 4.78 is 21.1. The van der Waals surface area contributed by atoms with Crippen molar-refractivity contribution in [1.29, 1.82) is 0 Å². The molecule has 1 aliphatic heterocycles. The molecule has 1 N–H and O–H groups in total. The predicted octanol–water partition coefficient (Wildman–Crippen LogP) is 2.48. The van der Waals surface area contributed by atoms with E-state index >= 15 is 0 Å². The first kappa shape index (κ1) is 18.0. The molecule has 0 bridgehead atoms. The number of carbonyl (C=O) groups excluding carboxylic acids is 2. The summed E-state index contributed by atoms with van der Waals surface area (Å²) in [5, 5.41) is 2.80. The highest BCUT2D eigenvalue weighted by Gasteiger charge is 2.28. The number of hydrogen-bond donors (Lipinski definition) is 1. The zero-order valence-electron chi connectivity index (χ0n) is 14.5. The van der Waals surface area contributed by atoms with Crippen LogP contribution in [0.15, 0.2) is 47.1 Å². The lowest BCUT2D eigenvalue weighted by molar-refractivity contribution is -0.130. The van der Waals surface area contributed by atoms with E-state index in [1.54, 1.807) is 37.4 Å². The second kappa shape index (κ2) is 8.53. The van der Waals surface area contributed by atoms with Gasteiger partial charge in [0, 0.05) is 18.7 Å². The van der Waals surface area contributed by atoms with Gasteiger partial charge in [-0.2, -0.15) is 0 Å². The number of ether oxygens (including phenoxy) is 3. The van der Waals surface area contributed by atoms with Gasteiger partial charge in [-0.05, 0) is 37.1 Å². The smallest absolute Gasteiger partial charge is 0.375 e. The van der Waals surface area contributed by atoms with E-state index < -0.39 is 18.0 Å². The first-order chi connectivity index (χ1) is 12.7. The van der Waals surface area contributed by atoms with E-state index in [2.05, 4.69) is 5.32 Å². The molecule has 26 heavy (non-hydrogen) atoms. The molecule has 2 aromatic rings. The molecule has 0 unspecified atom stereocenters. The predicted molar refractivity (Wildman–Crippen MR) is 91.8 cm³/mol. The van der Waals surface area contributed by atoms with Crippen LogP contribution in [0.2, 0.25) is 0 Å². The topological polar surface area (TPSA) is 87.0 Å². The maximum absolute atomic E-state index is 12.7. The van der Waals surface area contributed by atoms with Crippen molar-refractivity contribution >= 4 is 11.9 Å². The zero-order valence-corrected chi connectivity index (χ0v) is 14.5. The van der Waals surface area contributed by atoms with Crippen LogP contribution in [0.1, 0.15) is 35.1 Å². The maximum atomic E-state index is 12.7. The van der Waals surface area contributed by atoms with Gasteiger partial charge >= 0.3 is 5.97 Å². The third-order valence-corrected chi connectivity index (χ3v) is 4.13. The van der Waals surface area contributed by atoms with E-state index in [-0.39, 0.29) is 11.9 Å². The Hall–Kier alpha value is -2.80. The number of methoxy groups -OCH3 is 1. The lowest BCUT2D eigenvalue weighted by atomic mass is 10.1. The Bertz CT molecular complexity index is 719. The van der Waals surface area contributed by atoms with Crippen LogP contribution in [0.5, 0.6) is 5.75 Å². The van der Waals surface area contributed by atoms with E-state index in [1.165, 1.54) is 12.3 Å². The summed E-state index contributed by atoms with van der Waals surface area (Å²) in [5.41, 5.74) is 0.538. The Morgan fingerprint density at radius 3 is 2.69 bits per heavy atom. The summed E-state index contributed by atoms with van der Waals surface area (Å²) >= 11 is 0. The van der Waals surface area contributed by atoms with Crippen molar-refractivity contribution in [2.24, 2.45) is 0 Å². The number of amides is 1. The maximum Gasteiger partial charge on any atom is 0.375 e. The fourth-order valence-corrected chi connectivity index (χ4v) is 2.72. The molecule has 2 atom stereocenters. The largest absolute Gasteiger partial charge is 0.497 e. The molecule has 7 heteroatoms. The Morgan fingerprint density at radius 2 is 2.08 bits per heavy atom. The number of esters is 1. The molecule has 2 heterocycles. The van der Waals surface area contributed by atoms with Gasteiger partial charge in [-0.25, -0.2) is 4.79 Å². The summed E-state index contributed by atoms with van der Waals surface area (Å²) in [6.45, 7) is 1.08. The molecule has 1 amide bonds. The lowest BCUT2D eigenvalue weighted by Crippen LogP contribution is -2.37. The first-order valence-corrected chi connectivity index (χ1v) is 8.45. The molecule has 138 valence electrons. The summed E-state index contributed by atoms with van der Waals surface area (Å²) in [7, 11) is 1.55. The van der Waals surface area contributed by atoms with Gasteiger partial charge in [0.15, 0.2) is 0 Å². The molecule has 1 saturated heterocycles. The van der Waals surface area contributed by atoms with Crippen molar-refractivity contribution in [3.63, 3.8) is 0 Å². The molecule has 1 aromatic carbocycles. The minimum Gasteiger partial charge on any atom is -0.497 e. The van der Waals surface area contributed by atoms with Crippen molar-refractivity contribution in [3.8, 4) is 5.75 Å². The van der Waals surface area contributed by atoms with Crippen molar-refractivity contribution in [2.45, 2.75) is 25.0 Å². The van der Waals surface area contributed by atoms with Gasteiger partial charge in [0.2, 0.25) is 11.9 Å². The summed E-state index contributed by atoms with van der Waals surface area (Å²) in [6, 6.07) is 9.84. The Kier molecular flexibility index (Phi) is 5.91. The van der Waals surface area contributed by atoms with Gasteiger partial charge in [-0.1, -0.05) is 12.1 Å². The third kappa shape index (κ3) is 4.43. The van der Waals surface area contributed by atoms with Crippen LogP contribution in [0, 0.1) is 0 Å². The fraction of sp³-hybridized carbons (Fsp3) is 0.368. The molecule has 0 saturated carbocycles. The van der Waals surface area contributed by atoms with Crippen molar-refractivity contribution < 1.29 is 28.2 Å². The van der Waals surface area contributed by atoms with Crippen LogP contribution in [0.25, 0.3) is 0 Å². The highest BCUT2D eigenvalue weighted by molar-refractivity contribution is 5.90. The van der Waals surface area contributed by atoms with E-state index in [9.17, 15) is 9.59 Å². The van der Waals surface area contributed by atoms with E-state index in [0.717, 1.165) is 12.8 Å². The minimum absolute atomic E-state index is 0.00348. The third-order valence-electron chi connectivity index (χ3n) is 4.13. The second-order valence-electron chi connectivity index (χ2n) is 5.92. The molecule has 1 aromatic heterocycles. The van der Waals surface area contributed by atoms with Crippen LogP contribution in [-0.4, -0.2) is 38.2 Å². The molecular formula is C19H21NO6. The monoisotopic (exact) mass is 359 g/mol. The quantitative estimate of drug-likeness (QED) is 0.764. The molecule has 7 nitrogen and oxygen atoms in total. The van der Waals surface area contributed by atoms with Crippen LogP contribution in [-0.2, 0) is 14.3 Å². The summed E-state index contributed by atoms with van der Waals surface area (Å²) in [6.07, 6.45) is 2.16. The summed E-state index contributed by atoms with van der Waals surface area (Å²) in [4.78, 5) is 24.9. The van der Waals surface area contributed by atoms with Gasteiger partial charge in [-0.15, -0.1) is 0 Å². The Balaban J connectivity index is 1.72. The number of rotatable bonds is 7. The number of carbonyl (C=O) groups is 2. The van der Waals surface area contributed by atoms with E-state index in [4.69, 9.17) is 18.6 Å². The zero-order chi connectivity index (χ0) is 18.4. The number of hydrogen-bond acceptors (Lipinski definition) is 6. The normalized spacial score (nSPS) is 17.5. The van der Waals surface area contributed by atoms with Crippen LogP contribution >= 0.6 is 0 Å². The molecule has 0 aliphatic carbocycles. The highest BCUT2D eigenvalue weighted by atomic mass is 16.6. The minimum atomic E-state index is -1.10. The first-order valence-electron chi connectivity index (χ1n) is 8.45. The SMILES string of the molecule is COc1ccc([C@@H](OC(=O)c2ccco2)C(=O)NC[C@@H]2CCCO2)cc1. The van der Waals surface area contributed by atoms with Crippen LogP contribution in [0.4, 0.5) is 0 Å². The molecule has 1 fully saturated rings. The van der Waals surface area contributed by atoms with Gasteiger partial charge in [-0.3, -0.25) is 4.79 Å². The van der Waals surface area contributed by atoms with E-state index in [0.29, 0.717) is 24.5 Å². The molecule has 3 rings (SSSR count). The molecular weight excluding hydrogens is 338 g/mol. The summed E-state index contributed by atoms with van der Waals surface area (Å²) in [5.74, 6) is -0.436. The number of furan rings is 1. The van der Waals surface area contributed by atoms with Crippen molar-refractivity contribution in [2.75, 3.05) is 20.3 Å². The number of nitrogens with one attached hydrogen (secondary N) is 1. The molecule has 0 radical (unpaired) electrons. The molecule has 1 aliphatic rings. The number of benzene rings is 1. The average Bonchev–Trinajstić information content (AvgIpc) is 3.38. The van der Waals surface area contributed by atoms with Crippen molar-refractivity contribution in [1.82, 2.24) is 5.32 Å². The fourth-order valence-electron chi connectivity index (χ4n) is 2.72.